The Bertz CT molecular complexity index is 347. The van der Waals surface area contributed by atoms with Crippen LogP contribution in [0.15, 0.2) is 18.3 Å². The summed E-state index contributed by atoms with van der Waals surface area (Å²) >= 11 is 0. The summed E-state index contributed by atoms with van der Waals surface area (Å²) in [5.41, 5.74) is 7.06. The predicted molar refractivity (Wildman–Crippen MR) is 71.8 cm³/mol. The van der Waals surface area contributed by atoms with Crippen LogP contribution in [-0.2, 0) is 6.42 Å². The van der Waals surface area contributed by atoms with Crippen molar-refractivity contribution in [3.05, 3.63) is 23.9 Å². The van der Waals surface area contributed by atoms with Gasteiger partial charge in [-0.25, -0.2) is 4.98 Å². The minimum Gasteiger partial charge on any atom is -0.383 e. The Morgan fingerprint density at radius 3 is 3.00 bits per heavy atom. The molecule has 1 aromatic rings. The van der Waals surface area contributed by atoms with Crippen molar-refractivity contribution in [2.45, 2.75) is 45.1 Å². The lowest BCUT2D eigenvalue weighted by atomic mass is 10.0. The SMILES string of the molecule is CCCNC(CCc1cccnc1N)C1CC1. The zero-order valence-corrected chi connectivity index (χ0v) is 10.7. The van der Waals surface area contributed by atoms with E-state index in [-0.39, 0.29) is 0 Å². The molecule has 2 rings (SSSR count). The number of hydrogen-bond donors (Lipinski definition) is 2. The molecule has 1 aliphatic carbocycles. The van der Waals surface area contributed by atoms with Crippen LogP contribution < -0.4 is 11.1 Å². The van der Waals surface area contributed by atoms with Gasteiger partial charge in [-0.2, -0.15) is 0 Å². The predicted octanol–water partition coefficient (Wildman–Crippen LogP) is 2.37. The summed E-state index contributed by atoms with van der Waals surface area (Å²) in [6, 6.07) is 4.73. The normalized spacial score (nSPS) is 17.0. The molecular weight excluding hydrogens is 210 g/mol. The molecule has 0 aromatic carbocycles. The molecule has 0 saturated heterocycles. The third kappa shape index (κ3) is 3.70. The van der Waals surface area contributed by atoms with E-state index < -0.39 is 0 Å². The molecule has 1 saturated carbocycles. The van der Waals surface area contributed by atoms with E-state index in [2.05, 4.69) is 23.3 Å². The Morgan fingerprint density at radius 2 is 2.35 bits per heavy atom. The lowest BCUT2D eigenvalue weighted by Gasteiger charge is -2.18. The average Bonchev–Trinajstić information content (AvgIpc) is 3.15. The summed E-state index contributed by atoms with van der Waals surface area (Å²) in [7, 11) is 0. The molecule has 3 N–H and O–H groups in total. The van der Waals surface area contributed by atoms with Crippen molar-refractivity contribution in [3.8, 4) is 0 Å². The number of aromatic nitrogens is 1. The van der Waals surface area contributed by atoms with Crippen LogP contribution in [-0.4, -0.2) is 17.6 Å². The summed E-state index contributed by atoms with van der Waals surface area (Å²) < 4.78 is 0. The van der Waals surface area contributed by atoms with Crippen LogP contribution in [0.5, 0.6) is 0 Å². The van der Waals surface area contributed by atoms with E-state index >= 15 is 0 Å². The van der Waals surface area contributed by atoms with Crippen LogP contribution in [0, 0.1) is 5.92 Å². The fraction of sp³-hybridized carbons (Fsp3) is 0.643. The van der Waals surface area contributed by atoms with Crippen molar-refractivity contribution in [3.63, 3.8) is 0 Å². The van der Waals surface area contributed by atoms with Crippen LogP contribution in [0.25, 0.3) is 0 Å². The third-order valence-electron chi connectivity index (χ3n) is 3.50. The van der Waals surface area contributed by atoms with Gasteiger partial charge in [-0.1, -0.05) is 13.0 Å². The van der Waals surface area contributed by atoms with E-state index in [9.17, 15) is 0 Å². The Balaban J connectivity index is 1.84. The molecule has 1 aliphatic rings. The molecule has 0 radical (unpaired) electrons. The second-order valence-corrected chi connectivity index (χ2v) is 4.98. The van der Waals surface area contributed by atoms with Crippen LogP contribution in [0.3, 0.4) is 0 Å². The van der Waals surface area contributed by atoms with Gasteiger partial charge in [0.1, 0.15) is 5.82 Å². The number of rotatable bonds is 7. The second kappa shape index (κ2) is 6.01. The Hall–Kier alpha value is -1.09. The van der Waals surface area contributed by atoms with Gasteiger partial charge in [0.25, 0.3) is 0 Å². The van der Waals surface area contributed by atoms with Crippen molar-refractivity contribution >= 4 is 5.82 Å². The van der Waals surface area contributed by atoms with Gasteiger partial charge in [-0.15, -0.1) is 0 Å². The minimum atomic E-state index is 0.676. The molecule has 1 heterocycles. The summed E-state index contributed by atoms with van der Waals surface area (Å²) in [5, 5.41) is 3.66. The Labute approximate surface area is 104 Å². The van der Waals surface area contributed by atoms with E-state index in [0.29, 0.717) is 11.9 Å². The van der Waals surface area contributed by atoms with Crippen molar-refractivity contribution in [2.24, 2.45) is 5.92 Å². The van der Waals surface area contributed by atoms with Crippen molar-refractivity contribution < 1.29 is 0 Å². The first-order valence-electron chi connectivity index (χ1n) is 6.74. The summed E-state index contributed by atoms with van der Waals surface area (Å²) in [6.07, 6.45) is 7.97. The highest BCUT2D eigenvalue weighted by molar-refractivity contribution is 5.38. The van der Waals surface area contributed by atoms with Gasteiger partial charge in [0.15, 0.2) is 0 Å². The molecule has 3 nitrogen and oxygen atoms in total. The quantitative estimate of drug-likeness (QED) is 0.760. The van der Waals surface area contributed by atoms with Gasteiger partial charge in [-0.3, -0.25) is 0 Å². The van der Waals surface area contributed by atoms with Crippen molar-refractivity contribution in [1.29, 1.82) is 0 Å². The van der Waals surface area contributed by atoms with E-state index in [1.807, 2.05) is 6.07 Å². The lowest BCUT2D eigenvalue weighted by Crippen LogP contribution is -2.32. The number of nitrogens with one attached hydrogen (secondary N) is 1. The van der Waals surface area contributed by atoms with E-state index in [1.165, 1.54) is 31.2 Å². The van der Waals surface area contributed by atoms with E-state index in [0.717, 1.165) is 18.9 Å². The molecule has 0 aliphatic heterocycles. The van der Waals surface area contributed by atoms with Crippen molar-refractivity contribution in [1.82, 2.24) is 10.3 Å². The highest BCUT2D eigenvalue weighted by Gasteiger charge is 2.30. The fourth-order valence-corrected chi connectivity index (χ4v) is 2.31. The minimum absolute atomic E-state index is 0.676. The number of hydrogen-bond acceptors (Lipinski definition) is 3. The van der Waals surface area contributed by atoms with Crippen LogP contribution >= 0.6 is 0 Å². The molecular formula is C14H23N3. The molecule has 1 unspecified atom stereocenters. The first-order valence-corrected chi connectivity index (χ1v) is 6.74. The van der Waals surface area contributed by atoms with Crippen LogP contribution in [0.1, 0.15) is 38.2 Å². The third-order valence-corrected chi connectivity index (χ3v) is 3.50. The standard InChI is InChI=1S/C14H23N3/c1-2-9-16-13(11-5-6-11)8-7-12-4-3-10-17-14(12)15/h3-4,10-11,13,16H,2,5-9H2,1H3,(H2,15,17). The number of nitrogens with two attached hydrogens (primary N) is 1. The molecule has 94 valence electrons. The largest absolute Gasteiger partial charge is 0.383 e. The molecule has 1 aromatic heterocycles. The number of nitrogen functional groups attached to an aromatic ring is 1. The van der Waals surface area contributed by atoms with Gasteiger partial charge in [0.05, 0.1) is 0 Å². The molecule has 17 heavy (non-hydrogen) atoms. The van der Waals surface area contributed by atoms with Gasteiger partial charge >= 0.3 is 0 Å². The topological polar surface area (TPSA) is 50.9 Å². The lowest BCUT2D eigenvalue weighted by molar-refractivity contribution is 0.436. The number of nitrogens with zero attached hydrogens (tertiary/aromatic N) is 1. The first-order chi connectivity index (χ1) is 8.31. The maximum atomic E-state index is 5.87. The van der Waals surface area contributed by atoms with Gasteiger partial charge < -0.3 is 11.1 Å². The summed E-state index contributed by atoms with van der Waals surface area (Å²) in [4.78, 5) is 4.14. The molecule has 0 spiro atoms. The maximum absolute atomic E-state index is 5.87. The zero-order valence-electron chi connectivity index (χ0n) is 10.7. The molecule has 0 bridgehead atoms. The Kier molecular flexibility index (Phi) is 4.37. The Morgan fingerprint density at radius 1 is 1.53 bits per heavy atom. The smallest absolute Gasteiger partial charge is 0.126 e. The fourth-order valence-electron chi connectivity index (χ4n) is 2.31. The maximum Gasteiger partial charge on any atom is 0.126 e. The van der Waals surface area contributed by atoms with Gasteiger partial charge in [0, 0.05) is 12.2 Å². The molecule has 0 amide bonds. The van der Waals surface area contributed by atoms with Gasteiger partial charge in [-0.05, 0) is 56.2 Å². The summed E-state index contributed by atoms with van der Waals surface area (Å²) in [6.45, 7) is 3.35. The molecule has 3 heteroatoms. The van der Waals surface area contributed by atoms with E-state index in [4.69, 9.17) is 5.73 Å². The average molecular weight is 233 g/mol. The monoisotopic (exact) mass is 233 g/mol. The number of anilines is 1. The highest BCUT2D eigenvalue weighted by atomic mass is 14.9. The van der Waals surface area contributed by atoms with Crippen molar-refractivity contribution in [2.75, 3.05) is 12.3 Å². The summed E-state index contributed by atoms with van der Waals surface area (Å²) in [5.74, 6) is 1.59. The number of pyridine rings is 1. The number of aryl methyl sites for hydroxylation is 1. The van der Waals surface area contributed by atoms with Crippen LogP contribution in [0.4, 0.5) is 5.82 Å². The van der Waals surface area contributed by atoms with Crippen LogP contribution in [0.2, 0.25) is 0 Å². The zero-order chi connectivity index (χ0) is 12.1. The first kappa shape index (κ1) is 12.4. The second-order valence-electron chi connectivity index (χ2n) is 4.98. The molecule has 1 fully saturated rings. The van der Waals surface area contributed by atoms with Gasteiger partial charge in [0.2, 0.25) is 0 Å². The highest BCUT2D eigenvalue weighted by Crippen LogP contribution is 2.34. The van der Waals surface area contributed by atoms with E-state index in [1.54, 1.807) is 6.20 Å². The molecule has 1 atom stereocenters.